The Morgan fingerprint density at radius 3 is 3.09 bits per heavy atom. The number of rotatable bonds is 2. The maximum Gasteiger partial charge on any atom is 0.266 e. The highest BCUT2D eigenvalue weighted by molar-refractivity contribution is 7.22. The van der Waals surface area contributed by atoms with E-state index in [1.54, 1.807) is 6.20 Å². The van der Waals surface area contributed by atoms with E-state index in [4.69, 9.17) is 4.74 Å². The topological polar surface area (TPSA) is 82.8 Å². The van der Waals surface area contributed by atoms with Crippen LogP contribution in [-0.4, -0.2) is 28.8 Å². The summed E-state index contributed by atoms with van der Waals surface area (Å²) in [7, 11) is 1.88. The van der Waals surface area contributed by atoms with Crippen molar-refractivity contribution in [2.24, 2.45) is 0 Å². The third kappa shape index (κ3) is 1.86. The second-order valence-corrected chi connectivity index (χ2v) is 6.78. The molecule has 0 aliphatic carbocycles. The Labute approximate surface area is 130 Å². The van der Waals surface area contributed by atoms with Crippen molar-refractivity contribution in [3.8, 4) is 10.4 Å². The van der Waals surface area contributed by atoms with E-state index in [0.29, 0.717) is 13.2 Å². The average Bonchev–Trinajstić information content (AvgIpc) is 3.17. The Hall–Kier alpha value is -1.96. The van der Waals surface area contributed by atoms with E-state index in [2.05, 4.69) is 26.6 Å². The third-order valence-corrected chi connectivity index (χ3v) is 5.51. The molecule has 114 valence electrons. The van der Waals surface area contributed by atoms with Crippen molar-refractivity contribution >= 4 is 21.4 Å². The highest BCUT2D eigenvalue weighted by Gasteiger charge is 2.34. The van der Waals surface area contributed by atoms with E-state index >= 15 is 0 Å². The molecule has 7 heteroatoms. The van der Waals surface area contributed by atoms with Crippen molar-refractivity contribution in [1.82, 2.24) is 20.5 Å². The van der Waals surface area contributed by atoms with Gasteiger partial charge in [0.2, 0.25) is 0 Å². The largest absolute Gasteiger partial charge is 0.374 e. The van der Waals surface area contributed by atoms with Gasteiger partial charge in [-0.2, -0.15) is 5.10 Å². The molecule has 0 bridgehead atoms. The van der Waals surface area contributed by atoms with E-state index in [1.165, 1.54) is 11.3 Å². The number of likely N-dealkylation sites (N-methyl/N-ethyl adjacent to an activating group) is 1. The minimum atomic E-state index is -0.376. The number of aromatic nitrogens is 3. The molecule has 22 heavy (non-hydrogen) atoms. The molecule has 0 amide bonds. The van der Waals surface area contributed by atoms with E-state index in [1.807, 2.05) is 20.2 Å². The molecule has 0 spiro atoms. The van der Waals surface area contributed by atoms with Gasteiger partial charge in [-0.05, 0) is 20.0 Å². The Morgan fingerprint density at radius 2 is 2.36 bits per heavy atom. The Bertz CT molecular complexity index is 896. The first-order valence-electron chi connectivity index (χ1n) is 7.07. The lowest BCUT2D eigenvalue weighted by molar-refractivity contribution is 0.0452. The fraction of sp³-hybridized carbons (Fsp3) is 0.333. The van der Waals surface area contributed by atoms with Crippen molar-refractivity contribution in [3.63, 3.8) is 0 Å². The molecule has 1 atom stereocenters. The highest BCUT2D eigenvalue weighted by atomic mass is 32.1. The zero-order valence-electron chi connectivity index (χ0n) is 12.3. The molecule has 6 nitrogen and oxygen atoms in total. The molecular formula is C15H16N4O2S. The summed E-state index contributed by atoms with van der Waals surface area (Å²) >= 11 is 1.48. The van der Waals surface area contributed by atoms with Crippen LogP contribution in [0.15, 0.2) is 23.3 Å². The van der Waals surface area contributed by atoms with Crippen LogP contribution >= 0.6 is 11.3 Å². The first-order chi connectivity index (χ1) is 10.6. The number of fused-ring (bicyclic) bond motifs is 3. The number of nitrogens with zero attached hydrogens (tertiary/aromatic N) is 1. The van der Waals surface area contributed by atoms with Gasteiger partial charge in [0.15, 0.2) is 0 Å². The molecule has 3 N–H and O–H groups in total. The predicted octanol–water partition coefficient (Wildman–Crippen LogP) is 1.94. The molecule has 1 aliphatic rings. The first-order valence-corrected chi connectivity index (χ1v) is 7.89. The number of ether oxygens (including phenoxy) is 1. The van der Waals surface area contributed by atoms with Gasteiger partial charge in [-0.3, -0.25) is 9.89 Å². The highest BCUT2D eigenvalue weighted by Crippen LogP contribution is 2.37. The number of hydrogen-bond donors (Lipinski definition) is 3. The lowest BCUT2D eigenvalue weighted by Crippen LogP contribution is -2.46. The van der Waals surface area contributed by atoms with Gasteiger partial charge in [-0.15, -0.1) is 11.3 Å². The van der Waals surface area contributed by atoms with Crippen molar-refractivity contribution in [3.05, 3.63) is 40.1 Å². The van der Waals surface area contributed by atoms with E-state index in [0.717, 1.165) is 31.8 Å². The number of aromatic amines is 2. The van der Waals surface area contributed by atoms with Crippen molar-refractivity contribution in [1.29, 1.82) is 0 Å². The molecule has 4 heterocycles. The third-order valence-electron chi connectivity index (χ3n) is 4.33. The molecule has 0 radical (unpaired) electrons. The molecule has 1 unspecified atom stereocenters. The molecule has 0 fully saturated rings. The normalized spacial score (nSPS) is 21.2. The lowest BCUT2D eigenvalue weighted by atomic mass is 9.91. The monoisotopic (exact) mass is 316 g/mol. The summed E-state index contributed by atoms with van der Waals surface area (Å²) in [6.07, 6.45) is 3.60. The van der Waals surface area contributed by atoms with Crippen LogP contribution < -0.4 is 10.9 Å². The van der Waals surface area contributed by atoms with Gasteiger partial charge in [0.1, 0.15) is 4.70 Å². The van der Waals surface area contributed by atoms with Crippen LogP contribution in [0.2, 0.25) is 0 Å². The Balaban J connectivity index is 2.01. The maximum absolute atomic E-state index is 12.5. The summed E-state index contributed by atoms with van der Waals surface area (Å²) in [5.41, 5.74) is 2.55. The molecule has 0 saturated carbocycles. The van der Waals surface area contributed by atoms with Crippen LogP contribution in [0.3, 0.4) is 0 Å². The van der Waals surface area contributed by atoms with Gasteiger partial charge in [-0.25, -0.2) is 0 Å². The SMILES string of the molecule is CNC1(C)COCc2c1[nH]c(=O)c1sc(-c3cn[nH]c3)cc21. The number of hydrogen-bond acceptors (Lipinski definition) is 5. The predicted molar refractivity (Wildman–Crippen MR) is 86.1 cm³/mol. The standard InChI is InChI=1S/C15H16N4O2S/c1-15(16-2)7-21-6-10-9-3-11(8-4-17-18-5-8)22-12(9)14(20)19-13(10)15/h3-5,16H,6-7H2,1-2H3,(H,17,18)(H,19,20). The average molecular weight is 316 g/mol. The molecule has 3 aromatic rings. The number of thiophene rings is 1. The molecule has 4 rings (SSSR count). The summed E-state index contributed by atoms with van der Waals surface area (Å²) in [5, 5.41) is 11.0. The number of H-pyrrole nitrogens is 2. The van der Waals surface area contributed by atoms with Crippen LogP contribution in [0.5, 0.6) is 0 Å². The van der Waals surface area contributed by atoms with Crippen molar-refractivity contribution < 1.29 is 4.74 Å². The summed E-state index contributed by atoms with van der Waals surface area (Å²) in [6.45, 7) is 3.09. The van der Waals surface area contributed by atoms with Gasteiger partial charge in [-0.1, -0.05) is 0 Å². The molecule has 0 saturated heterocycles. The smallest absolute Gasteiger partial charge is 0.266 e. The fourth-order valence-electron chi connectivity index (χ4n) is 2.94. The quantitative estimate of drug-likeness (QED) is 0.675. The Morgan fingerprint density at radius 1 is 1.50 bits per heavy atom. The minimum Gasteiger partial charge on any atom is -0.374 e. The van der Waals surface area contributed by atoms with Crippen LogP contribution in [0, 0.1) is 0 Å². The van der Waals surface area contributed by atoms with Gasteiger partial charge >= 0.3 is 0 Å². The van der Waals surface area contributed by atoms with Crippen molar-refractivity contribution in [2.75, 3.05) is 13.7 Å². The van der Waals surface area contributed by atoms with E-state index < -0.39 is 0 Å². The van der Waals surface area contributed by atoms with Gasteiger partial charge in [0.25, 0.3) is 5.56 Å². The van der Waals surface area contributed by atoms with E-state index in [-0.39, 0.29) is 11.1 Å². The summed E-state index contributed by atoms with van der Waals surface area (Å²) < 4.78 is 6.49. The zero-order valence-corrected chi connectivity index (χ0v) is 13.1. The molecule has 3 aromatic heterocycles. The van der Waals surface area contributed by atoms with Crippen LogP contribution in [0.4, 0.5) is 0 Å². The fourth-order valence-corrected chi connectivity index (χ4v) is 4.00. The van der Waals surface area contributed by atoms with Crippen molar-refractivity contribution in [2.45, 2.75) is 19.1 Å². The number of pyridine rings is 1. The van der Waals surface area contributed by atoms with Gasteiger partial charge in [0.05, 0.1) is 24.9 Å². The minimum absolute atomic E-state index is 0.0446. The lowest BCUT2D eigenvalue weighted by Gasteiger charge is -2.35. The molecule has 1 aliphatic heterocycles. The van der Waals surface area contributed by atoms with Gasteiger partial charge in [0, 0.05) is 33.3 Å². The van der Waals surface area contributed by atoms with Crippen LogP contribution in [0.25, 0.3) is 20.5 Å². The second kappa shape index (κ2) is 4.77. The molecular weight excluding hydrogens is 300 g/mol. The second-order valence-electron chi connectivity index (χ2n) is 5.72. The zero-order chi connectivity index (χ0) is 15.3. The maximum atomic E-state index is 12.5. The summed E-state index contributed by atoms with van der Waals surface area (Å²) in [5.74, 6) is 0. The Kier molecular flexibility index (Phi) is 2.97. The van der Waals surface area contributed by atoms with Crippen LogP contribution in [0.1, 0.15) is 18.2 Å². The van der Waals surface area contributed by atoms with Gasteiger partial charge < -0.3 is 15.0 Å². The molecule has 0 aromatic carbocycles. The summed E-state index contributed by atoms with van der Waals surface area (Å²) in [6, 6.07) is 2.06. The summed E-state index contributed by atoms with van der Waals surface area (Å²) in [4.78, 5) is 16.6. The van der Waals surface area contributed by atoms with E-state index in [9.17, 15) is 4.79 Å². The first kappa shape index (κ1) is 13.7. The number of nitrogens with one attached hydrogen (secondary N) is 3. The van der Waals surface area contributed by atoms with Crippen LogP contribution in [-0.2, 0) is 16.9 Å².